The van der Waals surface area contributed by atoms with Crippen LogP contribution in [0.1, 0.15) is 5.56 Å². The van der Waals surface area contributed by atoms with E-state index in [1.165, 1.54) is 0 Å². The number of rotatable bonds is 5. The van der Waals surface area contributed by atoms with Crippen LogP contribution in [0.4, 0.5) is 5.95 Å². The van der Waals surface area contributed by atoms with Crippen LogP contribution in [0.2, 0.25) is 0 Å². The molecule has 3 aromatic rings. The fourth-order valence-electron chi connectivity index (χ4n) is 2.42. The molecule has 6 nitrogen and oxygen atoms in total. The summed E-state index contributed by atoms with van der Waals surface area (Å²) in [6.07, 6.45) is 1.95. The highest BCUT2D eigenvalue weighted by atomic mass is 16.5. The molecule has 0 aliphatic heterocycles. The van der Waals surface area contributed by atoms with Crippen molar-refractivity contribution in [2.45, 2.75) is 6.92 Å². The number of fused-ring (bicyclic) bond motifs is 1. The number of pyridine rings is 1. The topological polar surface area (TPSA) is 68.7 Å². The van der Waals surface area contributed by atoms with Gasteiger partial charge in [0.15, 0.2) is 5.65 Å². The van der Waals surface area contributed by atoms with Crippen molar-refractivity contribution in [3.63, 3.8) is 0 Å². The molecule has 0 radical (unpaired) electrons. The highest BCUT2D eigenvalue weighted by Crippen LogP contribution is 2.26. The lowest BCUT2D eigenvalue weighted by atomic mass is 10.0. The molecule has 2 heterocycles. The molecule has 6 heteroatoms. The number of aryl methyl sites for hydroxylation is 1. The zero-order valence-electron chi connectivity index (χ0n) is 13.7. The van der Waals surface area contributed by atoms with E-state index in [4.69, 9.17) is 10.5 Å². The molecule has 0 unspecified atom stereocenters. The number of anilines is 1. The Morgan fingerprint density at radius 2 is 1.96 bits per heavy atom. The summed E-state index contributed by atoms with van der Waals surface area (Å²) in [4.78, 5) is 6.27. The van der Waals surface area contributed by atoms with Gasteiger partial charge in [0.05, 0.1) is 0 Å². The van der Waals surface area contributed by atoms with Gasteiger partial charge in [0, 0.05) is 18.3 Å². The molecule has 0 aliphatic carbocycles. The molecule has 0 bridgehead atoms. The summed E-state index contributed by atoms with van der Waals surface area (Å²) in [5, 5.41) is 4.17. The van der Waals surface area contributed by atoms with Crippen molar-refractivity contribution in [3.8, 4) is 16.9 Å². The van der Waals surface area contributed by atoms with E-state index in [9.17, 15) is 0 Å². The average Bonchev–Trinajstić information content (AvgIpc) is 2.86. The smallest absolute Gasteiger partial charge is 0.240 e. The van der Waals surface area contributed by atoms with Gasteiger partial charge in [-0.1, -0.05) is 12.1 Å². The van der Waals surface area contributed by atoms with Gasteiger partial charge in [0.2, 0.25) is 5.95 Å². The van der Waals surface area contributed by atoms with Gasteiger partial charge in [0.1, 0.15) is 12.4 Å². The molecule has 23 heavy (non-hydrogen) atoms. The lowest BCUT2D eigenvalue weighted by Crippen LogP contribution is -2.19. The largest absolute Gasteiger partial charge is 0.492 e. The monoisotopic (exact) mass is 311 g/mol. The molecular formula is C17H21N5O. The summed E-state index contributed by atoms with van der Waals surface area (Å²) in [6.45, 7) is 3.63. The van der Waals surface area contributed by atoms with E-state index in [2.05, 4.69) is 34.0 Å². The van der Waals surface area contributed by atoms with Crippen LogP contribution < -0.4 is 10.5 Å². The van der Waals surface area contributed by atoms with Crippen molar-refractivity contribution in [1.82, 2.24) is 19.5 Å². The molecule has 0 atom stereocenters. The van der Waals surface area contributed by atoms with E-state index in [0.717, 1.165) is 34.6 Å². The summed E-state index contributed by atoms with van der Waals surface area (Å²) in [5.41, 5.74) is 9.75. The standard InChI is InChI=1S/C17H21N5O/c1-12-10-16-19-17(18)20-22(16)11-15(12)13-4-6-14(7-5-13)23-9-8-21(2)3/h4-7,10-11H,8-9H2,1-3H3,(H2,18,20). The van der Waals surface area contributed by atoms with E-state index in [-0.39, 0.29) is 5.95 Å². The summed E-state index contributed by atoms with van der Waals surface area (Å²) >= 11 is 0. The maximum absolute atomic E-state index is 5.73. The van der Waals surface area contributed by atoms with Crippen LogP contribution in [0.3, 0.4) is 0 Å². The summed E-state index contributed by atoms with van der Waals surface area (Å²) in [7, 11) is 4.06. The summed E-state index contributed by atoms with van der Waals surface area (Å²) < 4.78 is 7.43. The number of nitrogens with two attached hydrogens (primary N) is 1. The fraction of sp³-hybridized carbons (Fsp3) is 0.294. The first-order chi connectivity index (χ1) is 11.0. The van der Waals surface area contributed by atoms with Crippen LogP contribution in [-0.2, 0) is 0 Å². The molecule has 0 saturated heterocycles. The SMILES string of the molecule is Cc1cc2nc(N)nn2cc1-c1ccc(OCCN(C)C)cc1. The fourth-order valence-corrected chi connectivity index (χ4v) is 2.42. The maximum Gasteiger partial charge on any atom is 0.240 e. The Kier molecular flexibility index (Phi) is 4.16. The van der Waals surface area contributed by atoms with Gasteiger partial charge >= 0.3 is 0 Å². The predicted molar refractivity (Wildman–Crippen MR) is 91.6 cm³/mol. The number of ether oxygens (including phenoxy) is 1. The lowest BCUT2D eigenvalue weighted by molar-refractivity contribution is 0.261. The van der Waals surface area contributed by atoms with Crippen molar-refractivity contribution >= 4 is 11.6 Å². The molecule has 0 fully saturated rings. The maximum atomic E-state index is 5.73. The number of nitrogens with zero attached hydrogens (tertiary/aromatic N) is 4. The molecule has 1 aromatic carbocycles. The van der Waals surface area contributed by atoms with Crippen molar-refractivity contribution in [2.75, 3.05) is 33.0 Å². The van der Waals surface area contributed by atoms with Gasteiger partial charge in [-0.2, -0.15) is 4.98 Å². The zero-order valence-corrected chi connectivity index (χ0v) is 13.7. The molecule has 0 amide bonds. The van der Waals surface area contributed by atoms with Crippen LogP contribution in [0, 0.1) is 6.92 Å². The first-order valence-electron chi connectivity index (χ1n) is 7.53. The van der Waals surface area contributed by atoms with Crippen LogP contribution in [0.5, 0.6) is 5.75 Å². The highest BCUT2D eigenvalue weighted by molar-refractivity contribution is 5.69. The van der Waals surface area contributed by atoms with E-state index in [0.29, 0.717) is 6.61 Å². The van der Waals surface area contributed by atoms with Crippen LogP contribution >= 0.6 is 0 Å². The quantitative estimate of drug-likeness (QED) is 0.782. The first-order valence-corrected chi connectivity index (χ1v) is 7.53. The molecule has 2 aromatic heterocycles. The van der Waals surface area contributed by atoms with Crippen LogP contribution in [0.25, 0.3) is 16.8 Å². The molecule has 120 valence electrons. The van der Waals surface area contributed by atoms with Gasteiger partial charge in [-0.05, 0) is 50.3 Å². The second-order valence-corrected chi connectivity index (χ2v) is 5.82. The summed E-state index contributed by atoms with van der Waals surface area (Å²) in [6, 6.07) is 10.1. The van der Waals surface area contributed by atoms with Crippen molar-refractivity contribution < 1.29 is 4.74 Å². The zero-order chi connectivity index (χ0) is 16.4. The minimum atomic E-state index is 0.284. The number of benzene rings is 1. The van der Waals surface area contributed by atoms with Crippen molar-refractivity contribution in [2.24, 2.45) is 0 Å². The van der Waals surface area contributed by atoms with Crippen LogP contribution in [-0.4, -0.2) is 46.7 Å². The molecule has 0 spiro atoms. The predicted octanol–water partition coefficient (Wildman–Crippen LogP) is 2.23. The van der Waals surface area contributed by atoms with Crippen molar-refractivity contribution in [3.05, 3.63) is 42.1 Å². The van der Waals surface area contributed by atoms with E-state index >= 15 is 0 Å². The Morgan fingerprint density at radius 3 is 2.65 bits per heavy atom. The van der Waals surface area contributed by atoms with Gasteiger partial charge in [0.25, 0.3) is 0 Å². The third-order valence-corrected chi connectivity index (χ3v) is 3.67. The Labute approximate surface area is 135 Å². The Morgan fingerprint density at radius 1 is 1.22 bits per heavy atom. The Hall–Kier alpha value is -2.60. The highest BCUT2D eigenvalue weighted by Gasteiger charge is 2.07. The van der Waals surface area contributed by atoms with E-state index < -0.39 is 0 Å². The van der Waals surface area contributed by atoms with Gasteiger partial charge in [-0.3, -0.25) is 0 Å². The first kappa shape index (κ1) is 15.3. The van der Waals surface area contributed by atoms with E-state index in [1.807, 2.05) is 38.5 Å². The lowest BCUT2D eigenvalue weighted by Gasteiger charge is -2.12. The van der Waals surface area contributed by atoms with E-state index in [1.54, 1.807) is 4.52 Å². The minimum absolute atomic E-state index is 0.284. The second-order valence-electron chi connectivity index (χ2n) is 5.82. The number of hydrogen-bond donors (Lipinski definition) is 1. The van der Waals surface area contributed by atoms with Gasteiger partial charge < -0.3 is 15.4 Å². The number of hydrogen-bond acceptors (Lipinski definition) is 5. The molecule has 0 aliphatic rings. The molecule has 3 rings (SSSR count). The average molecular weight is 311 g/mol. The van der Waals surface area contributed by atoms with Gasteiger partial charge in [-0.25, -0.2) is 4.52 Å². The molecule has 0 saturated carbocycles. The molecular weight excluding hydrogens is 290 g/mol. The Balaban J connectivity index is 1.82. The third-order valence-electron chi connectivity index (χ3n) is 3.67. The normalized spacial score (nSPS) is 11.3. The number of likely N-dealkylation sites (N-methyl/N-ethyl adjacent to an activating group) is 1. The van der Waals surface area contributed by atoms with Gasteiger partial charge in [-0.15, -0.1) is 5.10 Å². The second kappa shape index (κ2) is 6.26. The Bertz CT molecular complexity index is 808. The van der Waals surface area contributed by atoms with Crippen LogP contribution in [0.15, 0.2) is 36.5 Å². The van der Waals surface area contributed by atoms with Crippen molar-refractivity contribution in [1.29, 1.82) is 0 Å². The number of nitrogen functional groups attached to an aromatic ring is 1. The minimum Gasteiger partial charge on any atom is -0.492 e. The number of aromatic nitrogens is 3. The summed E-state index contributed by atoms with van der Waals surface area (Å²) in [5.74, 6) is 1.16. The molecule has 2 N–H and O–H groups in total. The third kappa shape index (κ3) is 3.43.